The Morgan fingerprint density at radius 1 is 0.946 bits per heavy atom. The number of urea groups is 1. The summed E-state index contributed by atoms with van der Waals surface area (Å²) in [5.74, 6) is -0.225. The first-order valence-corrected chi connectivity index (χ1v) is 13.5. The molecule has 0 radical (unpaired) electrons. The van der Waals surface area contributed by atoms with E-state index in [0.29, 0.717) is 17.4 Å². The van der Waals surface area contributed by atoms with Gasteiger partial charge in [0.2, 0.25) is 0 Å². The Morgan fingerprint density at radius 2 is 1.62 bits per heavy atom. The second-order valence-corrected chi connectivity index (χ2v) is 10.1. The summed E-state index contributed by atoms with van der Waals surface area (Å²) in [7, 11) is 0. The van der Waals surface area contributed by atoms with Crippen molar-refractivity contribution >= 4 is 23.6 Å². The van der Waals surface area contributed by atoms with Crippen LogP contribution in [0.3, 0.4) is 0 Å². The molecule has 7 heteroatoms. The lowest BCUT2D eigenvalue weighted by atomic mass is 9.89. The number of unbranched alkanes of at least 4 members (excludes halogenated alkanes) is 1. The molecule has 0 aliphatic rings. The largest absolute Gasteiger partial charge is 0.481 e. The number of carboxylic acids is 1. The van der Waals surface area contributed by atoms with Crippen LogP contribution in [0.15, 0.2) is 48.5 Å². The molecule has 3 amide bonds. The molecule has 0 fully saturated rings. The van der Waals surface area contributed by atoms with Gasteiger partial charge in [-0.3, -0.25) is 9.59 Å². The van der Waals surface area contributed by atoms with Crippen LogP contribution in [0.4, 0.5) is 10.5 Å². The number of amides is 3. The number of hydrogen-bond acceptors (Lipinski definition) is 3. The zero-order valence-electron chi connectivity index (χ0n) is 22.7. The van der Waals surface area contributed by atoms with Crippen molar-refractivity contribution in [1.29, 1.82) is 0 Å². The van der Waals surface area contributed by atoms with Gasteiger partial charge in [-0.05, 0) is 60.1 Å². The zero-order chi connectivity index (χ0) is 27.2. The van der Waals surface area contributed by atoms with Crippen LogP contribution >= 0.6 is 0 Å². The lowest BCUT2D eigenvalue weighted by Crippen LogP contribution is -2.33. The Hall–Kier alpha value is -3.35. The lowest BCUT2D eigenvalue weighted by Gasteiger charge is -2.25. The van der Waals surface area contributed by atoms with Crippen LogP contribution in [0.25, 0.3) is 0 Å². The van der Waals surface area contributed by atoms with Crippen molar-refractivity contribution in [2.45, 2.75) is 78.7 Å². The Bertz CT molecular complexity index is 987. The molecule has 2 aromatic rings. The van der Waals surface area contributed by atoms with Crippen molar-refractivity contribution in [2.24, 2.45) is 11.8 Å². The maximum Gasteiger partial charge on any atom is 0.319 e. The highest BCUT2D eigenvalue weighted by Gasteiger charge is 2.20. The molecule has 0 saturated carbocycles. The lowest BCUT2D eigenvalue weighted by molar-refractivity contribution is -0.136. The molecule has 2 atom stereocenters. The number of carbonyl (C=O) groups is 3. The SMILES string of the molecule is CCCCC(CC)CC(NC(=O)Nc1ccc(CC(C)C)cc1)c1ccc(C(=O)NCCC(=O)O)cc1. The van der Waals surface area contributed by atoms with Gasteiger partial charge in [-0.1, -0.05) is 77.6 Å². The number of anilines is 1. The Kier molecular flexibility index (Phi) is 12.7. The fourth-order valence-electron chi connectivity index (χ4n) is 4.37. The Labute approximate surface area is 221 Å². The highest BCUT2D eigenvalue weighted by molar-refractivity contribution is 5.94. The molecular weight excluding hydrogens is 466 g/mol. The number of nitrogens with one attached hydrogen (secondary N) is 3. The fraction of sp³-hybridized carbons (Fsp3) is 0.500. The van der Waals surface area contributed by atoms with Crippen molar-refractivity contribution < 1.29 is 19.5 Å². The predicted molar refractivity (Wildman–Crippen MR) is 149 cm³/mol. The molecular formula is C30H43N3O4. The van der Waals surface area contributed by atoms with E-state index in [4.69, 9.17) is 5.11 Å². The van der Waals surface area contributed by atoms with Crippen LogP contribution in [0.2, 0.25) is 0 Å². The quantitative estimate of drug-likeness (QED) is 0.218. The molecule has 202 valence electrons. The first kappa shape index (κ1) is 29.9. The summed E-state index contributed by atoms with van der Waals surface area (Å²) in [6.07, 6.45) is 6.10. The Morgan fingerprint density at radius 3 is 2.19 bits per heavy atom. The van der Waals surface area contributed by atoms with Crippen LogP contribution in [0.1, 0.15) is 93.7 Å². The van der Waals surface area contributed by atoms with Gasteiger partial charge in [0, 0.05) is 17.8 Å². The summed E-state index contributed by atoms with van der Waals surface area (Å²) in [6.45, 7) is 8.81. The predicted octanol–water partition coefficient (Wildman–Crippen LogP) is 6.56. The van der Waals surface area contributed by atoms with Crippen molar-refractivity contribution in [1.82, 2.24) is 10.6 Å². The third-order valence-electron chi connectivity index (χ3n) is 6.47. The maximum absolute atomic E-state index is 13.0. The smallest absolute Gasteiger partial charge is 0.319 e. The third-order valence-corrected chi connectivity index (χ3v) is 6.47. The summed E-state index contributed by atoms with van der Waals surface area (Å²) < 4.78 is 0. The topological polar surface area (TPSA) is 108 Å². The molecule has 0 bridgehead atoms. The van der Waals surface area contributed by atoms with Crippen LogP contribution in [0, 0.1) is 11.8 Å². The summed E-state index contributed by atoms with van der Waals surface area (Å²) in [6, 6.07) is 14.7. The summed E-state index contributed by atoms with van der Waals surface area (Å²) in [5.41, 5.74) is 3.37. The van der Waals surface area contributed by atoms with E-state index in [-0.39, 0.29) is 30.9 Å². The van der Waals surface area contributed by atoms with Gasteiger partial charge in [-0.2, -0.15) is 0 Å². The van der Waals surface area contributed by atoms with Gasteiger partial charge in [0.25, 0.3) is 5.91 Å². The molecule has 0 spiro atoms. The molecule has 0 aliphatic heterocycles. The zero-order valence-corrected chi connectivity index (χ0v) is 22.7. The summed E-state index contributed by atoms with van der Waals surface area (Å²) >= 11 is 0. The number of aliphatic carboxylic acids is 1. The maximum atomic E-state index is 13.0. The van der Waals surface area contributed by atoms with Gasteiger partial charge >= 0.3 is 12.0 Å². The third kappa shape index (κ3) is 11.1. The van der Waals surface area contributed by atoms with E-state index in [2.05, 4.69) is 43.6 Å². The highest BCUT2D eigenvalue weighted by atomic mass is 16.4. The Balaban J connectivity index is 2.11. The average molecular weight is 510 g/mol. The van der Waals surface area contributed by atoms with E-state index in [9.17, 15) is 14.4 Å². The average Bonchev–Trinajstić information content (AvgIpc) is 2.86. The van der Waals surface area contributed by atoms with Crippen molar-refractivity contribution in [2.75, 3.05) is 11.9 Å². The van der Waals surface area contributed by atoms with E-state index in [1.165, 1.54) is 5.56 Å². The molecule has 2 unspecified atom stereocenters. The molecule has 2 aromatic carbocycles. The van der Waals surface area contributed by atoms with Gasteiger partial charge in [0.1, 0.15) is 0 Å². The second kappa shape index (κ2) is 15.7. The van der Waals surface area contributed by atoms with E-state index in [1.54, 1.807) is 12.1 Å². The number of hydrogen-bond donors (Lipinski definition) is 4. The number of carbonyl (C=O) groups excluding carboxylic acids is 2. The highest BCUT2D eigenvalue weighted by Crippen LogP contribution is 2.27. The van der Waals surface area contributed by atoms with Gasteiger partial charge in [-0.25, -0.2) is 4.79 Å². The minimum atomic E-state index is -0.956. The minimum Gasteiger partial charge on any atom is -0.481 e. The van der Waals surface area contributed by atoms with Gasteiger partial charge < -0.3 is 21.1 Å². The first-order valence-electron chi connectivity index (χ1n) is 13.5. The molecule has 0 heterocycles. The van der Waals surface area contributed by atoms with Crippen molar-refractivity contribution in [3.63, 3.8) is 0 Å². The number of benzene rings is 2. The van der Waals surface area contributed by atoms with E-state index < -0.39 is 5.97 Å². The van der Waals surface area contributed by atoms with Crippen molar-refractivity contribution in [3.8, 4) is 0 Å². The first-order chi connectivity index (χ1) is 17.7. The van der Waals surface area contributed by atoms with E-state index in [1.807, 2.05) is 36.4 Å². The molecule has 7 nitrogen and oxygen atoms in total. The van der Waals surface area contributed by atoms with Gasteiger partial charge in [-0.15, -0.1) is 0 Å². The molecule has 37 heavy (non-hydrogen) atoms. The molecule has 4 N–H and O–H groups in total. The molecule has 0 aromatic heterocycles. The van der Waals surface area contributed by atoms with Crippen LogP contribution in [-0.4, -0.2) is 29.6 Å². The number of carboxylic acid groups (broad SMARTS) is 1. The van der Waals surface area contributed by atoms with Gasteiger partial charge in [0.05, 0.1) is 12.5 Å². The second-order valence-electron chi connectivity index (χ2n) is 10.1. The fourth-order valence-corrected chi connectivity index (χ4v) is 4.37. The van der Waals surface area contributed by atoms with Crippen LogP contribution < -0.4 is 16.0 Å². The molecule has 0 aliphatic carbocycles. The van der Waals surface area contributed by atoms with Crippen LogP contribution in [0.5, 0.6) is 0 Å². The van der Waals surface area contributed by atoms with Crippen LogP contribution in [-0.2, 0) is 11.2 Å². The summed E-state index contributed by atoms with van der Waals surface area (Å²) in [4.78, 5) is 36.0. The van der Waals surface area contributed by atoms with E-state index >= 15 is 0 Å². The molecule has 2 rings (SSSR count). The van der Waals surface area contributed by atoms with Gasteiger partial charge in [0.15, 0.2) is 0 Å². The van der Waals surface area contributed by atoms with Crippen molar-refractivity contribution in [3.05, 3.63) is 65.2 Å². The minimum absolute atomic E-state index is 0.0777. The number of rotatable bonds is 15. The molecule has 0 saturated heterocycles. The van der Waals surface area contributed by atoms with E-state index in [0.717, 1.165) is 49.8 Å². The normalized spacial score (nSPS) is 12.6. The monoisotopic (exact) mass is 509 g/mol. The standard InChI is InChI=1S/C30H43N3O4/c1-5-7-8-22(6-2)20-27(24-11-13-25(14-12-24)29(36)31-18-17-28(34)35)33-30(37)32-26-15-9-23(10-16-26)19-21(3)4/h9-16,21-22,27H,5-8,17-20H2,1-4H3,(H,31,36)(H,34,35)(H2,32,33,37). The summed E-state index contributed by atoms with van der Waals surface area (Å²) in [5, 5.41) is 17.5.